The average molecular weight is 188 g/mol. The molecule has 0 radical (unpaired) electrons. The van der Waals surface area contributed by atoms with Gasteiger partial charge in [-0.3, -0.25) is 4.79 Å². The predicted octanol–water partition coefficient (Wildman–Crippen LogP) is 1.35. The van der Waals surface area contributed by atoms with E-state index in [1.807, 2.05) is 6.07 Å². The monoisotopic (exact) mass is 188 g/mol. The number of ketones is 1. The maximum atomic E-state index is 11.7. The first kappa shape index (κ1) is 8.50. The number of hydrogen-bond acceptors (Lipinski definition) is 3. The smallest absolute Gasteiger partial charge is 0.214 e. The quantitative estimate of drug-likeness (QED) is 0.571. The lowest BCUT2D eigenvalue weighted by molar-refractivity contribution is 0.0950. The molecule has 0 atom stereocenters. The van der Waals surface area contributed by atoms with Crippen LogP contribution in [0.3, 0.4) is 0 Å². The first-order valence-electron chi connectivity index (χ1n) is 4.12. The molecule has 1 N–H and O–H groups in total. The van der Waals surface area contributed by atoms with Crippen LogP contribution in [0.15, 0.2) is 42.6 Å². The highest BCUT2D eigenvalue weighted by Crippen LogP contribution is 2.07. The molecule has 0 spiro atoms. The molecule has 0 bridgehead atoms. The summed E-state index contributed by atoms with van der Waals surface area (Å²) in [6.45, 7) is 0. The van der Waals surface area contributed by atoms with Gasteiger partial charge in [0, 0.05) is 5.56 Å². The van der Waals surface area contributed by atoms with Crippen LogP contribution < -0.4 is 0 Å². The lowest BCUT2D eigenvalue weighted by atomic mass is 10.1. The van der Waals surface area contributed by atoms with Gasteiger partial charge in [-0.15, -0.1) is 5.10 Å². The van der Waals surface area contributed by atoms with Crippen LogP contribution in [-0.2, 0) is 0 Å². The normalized spacial score (nSPS) is 10.0. The van der Waals surface area contributed by atoms with Gasteiger partial charge in [-0.1, -0.05) is 35.2 Å². The van der Waals surface area contributed by atoms with Crippen LogP contribution >= 0.6 is 0 Å². The summed E-state index contributed by atoms with van der Waals surface area (Å²) in [4.78, 5) is 12.3. The van der Waals surface area contributed by atoms with E-state index in [0.717, 1.165) is 0 Å². The van der Waals surface area contributed by atoms with Crippen molar-refractivity contribution in [3.8, 4) is 0 Å². The van der Waals surface area contributed by atoms with Crippen LogP contribution in [0, 0.1) is 0 Å². The van der Waals surface area contributed by atoms with Crippen molar-refractivity contribution in [3.63, 3.8) is 0 Å². The number of benzene rings is 1. The number of aromatic nitrogens is 2. The fraction of sp³-hybridized carbons (Fsp3) is 0. The zero-order chi connectivity index (χ0) is 9.97. The van der Waals surface area contributed by atoms with Crippen LogP contribution in [0.2, 0.25) is 0 Å². The van der Waals surface area contributed by atoms with Gasteiger partial charge in [0.25, 0.3) is 0 Å². The van der Waals surface area contributed by atoms with Crippen molar-refractivity contribution < 1.29 is 10.0 Å². The highest BCUT2D eigenvalue weighted by molar-refractivity contribution is 6.07. The minimum atomic E-state index is -0.245. The highest BCUT2D eigenvalue weighted by atomic mass is 16.5. The Kier molecular flexibility index (Phi) is 2.02. The summed E-state index contributed by atoms with van der Waals surface area (Å²) >= 11 is 0. The minimum Gasteiger partial charge on any atom is -0.411 e. The average Bonchev–Trinajstić information content (AvgIpc) is 2.65. The molecule has 1 heterocycles. The SMILES string of the molecule is O=C(c1ccccc1)c1ccnn1O. The van der Waals surface area contributed by atoms with Crippen LogP contribution in [0.1, 0.15) is 16.1 Å². The van der Waals surface area contributed by atoms with Crippen LogP contribution in [0.25, 0.3) is 0 Å². The summed E-state index contributed by atoms with van der Waals surface area (Å²) in [7, 11) is 0. The molecule has 2 rings (SSSR count). The van der Waals surface area contributed by atoms with E-state index in [1.165, 1.54) is 12.3 Å². The first-order valence-corrected chi connectivity index (χ1v) is 4.12. The third-order valence-corrected chi connectivity index (χ3v) is 1.89. The molecule has 1 aromatic carbocycles. The molecule has 0 fully saturated rings. The van der Waals surface area contributed by atoms with E-state index >= 15 is 0 Å². The Morgan fingerprint density at radius 3 is 2.50 bits per heavy atom. The Morgan fingerprint density at radius 2 is 1.93 bits per heavy atom. The van der Waals surface area contributed by atoms with Crippen LogP contribution in [0.5, 0.6) is 0 Å². The summed E-state index contributed by atoms with van der Waals surface area (Å²) in [5, 5.41) is 12.7. The molecule has 0 aliphatic rings. The van der Waals surface area contributed by atoms with Gasteiger partial charge < -0.3 is 5.21 Å². The lowest BCUT2D eigenvalue weighted by Crippen LogP contribution is -2.08. The van der Waals surface area contributed by atoms with Gasteiger partial charge in [0.15, 0.2) is 5.69 Å². The van der Waals surface area contributed by atoms with Crippen molar-refractivity contribution in [1.29, 1.82) is 0 Å². The number of nitrogens with zero attached hydrogens (tertiary/aromatic N) is 2. The molecule has 0 saturated heterocycles. The van der Waals surface area contributed by atoms with E-state index in [-0.39, 0.29) is 11.5 Å². The summed E-state index contributed by atoms with van der Waals surface area (Å²) in [5.41, 5.74) is 0.694. The Morgan fingerprint density at radius 1 is 1.21 bits per heavy atom. The van der Waals surface area contributed by atoms with Gasteiger partial charge in [0.2, 0.25) is 5.78 Å². The molecule has 4 nitrogen and oxygen atoms in total. The molecule has 0 unspecified atom stereocenters. The standard InChI is InChI=1S/C10H8N2O2/c13-10(8-4-2-1-3-5-8)9-6-7-11-12(9)14/h1-7,14H. The van der Waals surface area contributed by atoms with Gasteiger partial charge in [-0.25, -0.2) is 0 Å². The van der Waals surface area contributed by atoms with Crippen molar-refractivity contribution >= 4 is 5.78 Å². The summed E-state index contributed by atoms with van der Waals surface area (Å²) in [6.07, 6.45) is 1.37. The zero-order valence-electron chi connectivity index (χ0n) is 7.29. The summed E-state index contributed by atoms with van der Waals surface area (Å²) < 4.78 is 0. The van der Waals surface area contributed by atoms with Crippen molar-refractivity contribution in [2.75, 3.05) is 0 Å². The number of hydrogen-bond donors (Lipinski definition) is 1. The summed E-state index contributed by atoms with van der Waals surface area (Å²) in [5.74, 6) is -0.245. The zero-order valence-corrected chi connectivity index (χ0v) is 7.29. The second-order valence-corrected chi connectivity index (χ2v) is 2.80. The molecule has 14 heavy (non-hydrogen) atoms. The lowest BCUT2D eigenvalue weighted by Gasteiger charge is -1.98. The van der Waals surface area contributed by atoms with E-state index < -0.39 is 0 Å². The molecule has 0 amide bonds. The second kappa shape index (κ2) is 3.33. The van der Waals surface area contributed by atoms with Crippen LogP contribution in [-0.4, -0.2) is 20.9 Å². The third-order valence-electron chi connectivity index (χ3n) is 1.89. The molecular weight excluding hydrogens is 180 g/mol. The maximum absolute atomic E-state index is 11.7. The first-order chi connectivity index (χ1) is 6.79. The number of carbonyl (C=O) groups is 1. The van der Waals surface area contributed by atoms with Gasteiger partial charge in [-0.05, 0) is 6.07 Å². The topological polar surface area (TPSA) is 55.1 Å². The molecule has 2 aromatic rings. The molecule has 0 saturated carbocycles. The van der Waals surface area contributed by atoms with Gasteiger partial charge in [0.1, 0.15) is 0 Å². The van der Waals surface area contributed by atoms with E-state index in [4.69, 9.17) is 5.21 Å². The molecular formula is C10H8N2O2. The van der Waals surface area contributed by atoms with Crippen molar-refractivity contribution in [2.45, 2.75) is 0 Å². The predicted molar refractivity (Wildman–Crippen MR) is 49.3 cm³/mol. The molecule has 1 aromatic heterocycles. The molecule has 0 aliphatic heterocycles. The Hall–Kier alpha value is -2.10. The molecule has 0 aliphatic carbocycles. The van der Waals surface area contributed by atoms with Crippen molar-refractivity contribution in [3.05, 3.63) is 53.9 Å². The van der Waals surface area contributed by atoms with Gasteiger partial charge >= 0.3 is 0 Å². The van der Waals surface area contributed by atoms with Gasteiger partial charge in [-0.2, -0.15) is 0 Å². The van der Waals surface area contributed by atoms with Gasteiger partial charge in [0.05, 0.1) is 6.20 Å². The Bertz CT molecular complexity index is 448. The number of rotatable bonds is 2. The Labute approximate surface area is 80.4 Å². The second-order valence-electron chi connectivity index (χ2n) is 2.80. The fourth-order valence-corrected chi connectivity index (χ4v) is 1.20. The van der Waals surface area contributed by atoms with E-state index in [0.29, 0.717) is 10.4 Å². The number of carbonyl (C=O) groups excluding carboxylic acids is 1. The maximum Gasteiger partial charge on any atom is 0.214 e. The van der Waals surface area contributed by atoms with E-state index in [9.17, 15) is 4.79 Å². The van der Waals surface area contributed by atoms with Crippen molar-refractivity contribution in [1.82, 2.24) is 9.94 Å². The van der Waals surface area contributed by atoms with Crippen molar-refractivity contribution in [2.24, 2.45) is 0 Å². The highest BCUT2D eigenvalue weighted by Gasteiger charge is 2.13. The Balaban J connectivity index is 2.39. The molecule has 70 valence electrons. The van der Waals surface area contributed by atoms with E-state index in [1.54, 1.807) is 24.3 Å². The molecule has 4 heteroatoms. The van der Waals surface area contributed by atoms with Crippen LogP contribution in [0.4, 0.5) is 0 Å². The largest absolute Gasteiger partial charge is 0.411 e. The summed E-state index contributed by atoms with van der Waals surface area (Å²) in [6, 6.07) is 10.2. The third kappa shape index (κ3) is 1.37. The fourth-order valence-electron chi connectivity index (χ4n) is 1.20. The van der Waals surface area contributed by atoms with E-state index in [2.05, 4.69) is 5.10 Å². The minimum absolute atomic E-state index is 0.163.